The molecule has 1 aromatic heterocycles. The Morgan fingerprint density at radius 3 is 2.47 bits per heavy atom. The van der Waals surface area contributed by atoms with E-state index in [0.717, 1.165) is 5.56 Å². The minimum atomic E-state index is -4.80. The smallest absolute Gasteiger partial charge is 0.481 e. The lowest BCUT2D eigenvalue weighted by molar-refractivity contribution is -0.274. The highest BCUT2D eigenvalue weighted by Gasteiger charge is 2.32. The van der Waals surface area contributed by atoms with E-state index < -0.39 is 24.2 Å². The summed E-state index contributed by atoms with van der Waals surface area (Å²) in [5.74, 6) is -1.94. The summed E-state index contributed by atoms with van der Waals surface area (Å²) in [5, 5.41) is 11.8. The van der Waals surface area contributed by atoms with Crippen molar-refractivity contribution in [2.75, 3.05) is 30.0 Å². The lowest BCUT2D eigenvalue weighted by atomic mass is 10.0. The maximum absolute atomic E-state index is 15.4. The quantitative estimate of drug-likeness (QED) is 0.436. The summed E-state index contributed by atoms with van der Waals surface area (Å²) < 4.78 is 62.3. The first-order valence-corrected chi connectivity index (χ1v) is 10.9. The summed E-state index contributed by atoms with van der Waals surface area (Å²) in [6.07, 6.45) is -3.66. The van der Waals surface area contributed by atoms with Gasteiger partial charge in [-0.05, 0) is 28.8 Å². The number of hydrogen-bond donors (Lipinski definition) is 2. The first-order valence-electron chi connectivity index (χ1n) is 10.9. The lowest BCUT2D eigenvalue weighted by Gasteiger charge is -2.37. The van der Waals surface area contributed by atoms with Crippen molar-refractivity contribution in [1.29, 1.82) is 0 Å². The Morgan fingerprint density at radius 2 is 1.81 bits per heavy atom. The molecule has 1 fully saturated rings. The van der Waals surface area contributed by atoms with Crippen LogP contribution in [-0.4, -0.2) is 47.2 Å². The Labute approximate surface area is 203 Å². The molecule has 0 saturated carbocycles. The molecule has 0 aliphatic carbocycles. The average molecular weight is 506 g/mol. The fourth-order valence-corrected chi connectivity index (χ4v) is 3.84. The second-order valence-corrected chi connectivity index (χ2v) is 8.00. The van der Waals surface area contributed by atoms with Gasteiger partial charge in [0.1, 0.15) is 12.1 Å². The largest absolute Gasteiger partial charge is 0.573 e. The van der Waals surface area contributed by atoms with E-state index in [-0.39, 0.29) is 37.0 Å². The van der Waals surface area contributed by atoms with Crippen LogP contribution >= 0.6 is 0 Å². The van der Waals surface area contributed by atoms with Gasteiger partial charge in [-0.25, -0.2) is 9.97 Å². The van der Waals surface area contributed by atoms with E-state index >= 15 is 4.39 Å². The van der Waals surface area contributed by atoms with E-state index in [2.05, 4.69) is 20.0 Å². The number of halogens is 4. The molecule has 0 spiro atoms. The second kappa shape index (κ2) is 10.8. The molecule has 1 unspecified atom stereocenters. The maximum Gasteiger partial charge on any atom is 0.573 e. The van der Waals surface area contributed by atoms with Crippen molar-refractivity contribution >= 4 is 17.6 Å². The third-order valence-electron chi connectivity index (χ3n) is 5.51. The van der Waals surface area contributed by atoms with Crippen LogP contribution in [0.5, 0.6) is 5.75 Å². The fraction of sp³-hybridized carbons (Fsp3) is 0.292. The highest BCUT2D eigenvalue weighted by Crippen LogP contribution is 2.33. The monoisotopic (exact) mass is 506 g/mol. The van der Waals surface area contributed by atoms with Crippen LogP contribution in [0.1, 0.15) is 22.7 Å². The number of aliphatic carboxylic acids is 1. The zero-order chi connectivity index (χ0) is 25.7. The number of carboxylic acid groups (broad SMARTS) is 1. The minimum Gasteiger partial charge on any atom is -0.481 e. The van der Waals surface area contributed by atoms with Gasteiger partial charge in [0.05, 0.1) is 25.7 Å². The van der Waals surface area contributed by atoms with Gasteiger partial charge in [0, 0.05) is 13.1 Å². The zero-order valence-corrected chi connectivity index (χ0v) is 18.8. The van der Waals surface area contributed by atoms with Crippen LogP contribution in [-0.2, 0) is 22.5 Å². The molecule has 190 valence electrons. The number of anilines is 2. The zero-order valence-electron chi connectivity index (χ0n) is 18.8. The van der Waals surface area contributed by atoms with Crippen LogP contribution in [0.25, 0.3) is 0 Å². The molecule has 2 heterocycles. The highest BCUT2D eigenvalue weighted by molar-refractivity contribution is 5.70. The van der Waals surface area contributed by atoms with Crippen molar-refractivity contribution < 1.29 is 36.9 Å². The number of benzene rings is 2. The number of nitrogens with one attached hydrogen (secondary N) is 1. The van der Waals surface area contributed by atoms with E-state index in [0.29, 0.717) is 24.3 Å². The van der Waals surface area contributed by atoms with Crippen molar-refractivity contribution in [3.63, 3.8) is 0 Å². The normalized spacial score (nSPS) is 16.0. The number of morpholine rings is 1. The predicted molar refractivity (Wildman–Crippen MR) is 121 cm³/mol. The lowest BCUT2D eigenvalue weighted by Crippen LogP contribution is -2.40. The highest BCUT2D eigenvalue weighted by atomic mass is 19.4. The number of aromatic nitrogens is 2. The van der Waals surface area contributed by atoms with Gasteiger partial charge in [-0.2, -0.15) is 4.39 Å². The molecule has 2 aromatic carbocycles. The molecule has 0 amide bonds. The number of carbonyl (C=O) groups is 1. The van der Waals surface area contributed by atoms with Gasteiger partial charge in [-0.15, -0.1) is 13.2 Å². The molecule has 36 heavy (non-hydrogen) atoms. The van der Waals surface area contributed by atoms with Crippen molar-refractivity contribution in [3.8, 4) is 5.75 Å². The van der Waals surface area contributed by atoms with Crippen LogP contribution < -0.4 is 15.0 Å². The van der Waals surface area contributed by atoms with E-state index in [1.54, 1.807) is 29.2 Å². The molecular formula is C24H22F4N4O4. The molecule has 2 N–H and O–H groups in total. The van der Waals surface area contributed by atoms with E-state index in [9.17, 15) is 18.0 Å². The van der Waals surface area contributed by atoms with Gasteiger partial charge in [0.25, 0.3) is 0 Å². The molecule has 4 rings (SSSR count). The molecule has 1 aliphatic rings. The Morgan fingerprint density at radius 1 is 1.11 bits per heavy atom. The average Bonchev–Trinajstić information content (AvgIpc) is 2.84. The second-order valence-electron chi connectivity index (χ2n) is 8.00. The van der Waals surface area contributed by atoms with E-state index in [1.807, 2.05) is 0 Å². The van der Waals surface area contributed by atoms with Gasteiger partial charge in [-0.3, -0.25) is 4.79 Å². The summed E-state index contributed by atoms with van der Waals surface area (Å²) in [6, 6.07) is 11.7. The Bertz CT molecular complexity index is 1190. The Hall–Kier alpha value is -3.93. The van der Waals surface area contributed by atoms with E-state index in [4.69, 9.17) is 9.84 Å². The van der Waals surface area contributed by atoms with Crippen LogP contribution in [0.2, 0.25) is 0 Å². The Balaban J connectivity index is 1.49. The summed E-state index contributed by atoms with van der Waals surface area (Å²) in [7, 11) is 0. The van der Waals surface area contributed by atoms with Gasteiger partial charge < -0.3 is 24.8 Å². The van der Waals surface area contributed by atoms with Gasteiger partial charge in [-0.1, -0.05) is 36.4 Å². The van der Waals surface area contributed by atoms with Crippen molar-refractivity contribution in [1.82, 2.24) is 9.97 Å². The summed E-state index contributed by atoms with van der Waals surface area (Å²) >= 11 is 0. The number of ether oxygens (including phenoxy) is 2. The summed E-state index contributed by atoms with van der Waals surface area (Å²) in [6.45, 7) is 1.06. The van der Waals surface area contributed by atoms with Gasteiger partial charge >= 0.3 is 12.3 Å². The SMILES string of the molecule is O=C(O)Cc1ccc(CNc2ncnc(N3CCOCC3c3ccc(OC(F)(F)F)cc3)c2F)cc1. The first-order chi connectivity index (χ1) is 17.2. The summed E-state index contributed by atoms with van der Waals surface area (Å²) in [5.41, 5.74) is 2.06. The first kappa shape index (κ1) is 25.2. The predicted octanol–water partition coefficient (Wildman–Crippen LogP) is 4.33. The number of carboxylic acids is 1. The van der Waals surface area contributed by atoms with Gasteiger partial charge in [0.2, 0.25) is 5.82 Å². The van der Waals surface area contributed by atoms with Crippen LogP contribution in [0.4, 0.5) is 29.2 Å². The van der Waals surface area contributed by atoms with Crippen LogP contribution in [0, 0.1) is 5.82 Å². The number of nitrogens with zero attached hydrogens (tertiary/aromatic N) is 3. The molecule has 1 atom stereocenters. The van der Waals surface area contributed by atoms with Crippen LogP contribution in [0.3, 0.4) is 0 Å². The van der Waals surface area contributed by atoms with E-state index in [1.165, 1.54) is 30.6 Å². The molecule has 1 saturated heterocycles. The molecule has 3 aromatic rings. The third-order valence-corrected chi connectivity index (χ3v) is 5.51. The standard InChI is InChI=1S/C24H22F4N4O4/c25-21-22(29-12-16-3-1-15(2-4-16)11-20(33)34)30-14-31-23(21)32-9-10-35-13-19(32)17-5-7-18(8-6-17)36-24(26,27)28/h1-8,14,19H,9-13H2,(H,33,34)(H,29,30,31). The third kappa shape index (κ3) is 6.39. The van der Waals surface area contributed by atoms with Crippen LogP contribution in [0.15, 0.2) is 54.9 Å². The number of alkyl halides is 3. The molecule has 1 aliphatic heterocycles. The number of rotatable bonds is 8. The molecule has 12 heteroatoms. The van der Waals surface area contributed by atoms with Gasteiger partial charge in [0.15, 0.2) is 11.6 Å². The van der Waals surface area contributed by atoms with Crippen molar-refractivity contribution in [2.45, 2.75) is 25.4 Å². The molecule has 8 nitrogen and oxygen atoms in total. The van der Waals surface area contributed by atoms with Crippen molar-refractivity contribution in [2.24, 2.45) is 0 Å². The Kier molecular flexibility index (Phi) is 7.53. The summed E-state index contributed by atoms with van der Waals surface area (Å²) in [4.78, 5) is 20.6. The fourth-order valence-electron chi connectivity index (χ4n) is 3.84. The number of hydrogen-bond acceptors (Lipinski definition) is 7. The minimum absolute atomic E-state index is 0.0196. The topological polar surface area (TPSA) is 96.8 Å². The van der Waals surface area contributed by atoms with Crippen molar-refractivity contribution in [3.05, 3.63) is 77.4 Å². The molecular weight excluding hydrogens is 484 g/mol. The molecule has 0 radical (unpaired) electrons. The molecule has 0 bridgehead atoms. The maximum atomic E-state index is 15.4.